The van der Waals surface area contributed by atoms with Crippen LogP contribution in [0.3, 0.4) is 0 Å². The summed E-state index contributed by atoms with van der Waals surface area (Å²) in [5.41, 5.74) is 0.879. The Morgan fingerprint density at radius 1 is 0.776 bits per heavy atom. The van der Waals surface area contributed by atoms with Crippen molar-refractivity contribution in [2.45, 2.75) is 235 Å². The summed E-state index contributed by atoms with van der Waals surface area (Å²) in [6.07, 6.45) is 15.0. The van der Waals surface area contributed by atoms with Crippen LogP contribution < -0.4 is 10.6 Å². The second kappa shape index (κ2) is 22.9. The third-order valence-corrected chi connectivity index (χ3v) is 22.3. The number of alkyl carbamates (subject to hydrolysis) is 1. The molecule has 0 spiro atoms. The van der Waals surface area contributed by atoms with Crippen LogP contribution in [0.5, 0.6) is 0 Å². The van der Waals surface area contributed by atoms with E-state index in [1.54, 1.807) is 0 Å². The van der Waals surface area contributed by atoms with Gasteiger partial charge in [0.1, 0.15) is 11.2 Å². The normalized spacial score (nSPS) is 29.9. The lowest BCUT2D eigenvalue weighted by molar-refractivity contribution is -0.185. The topological polar surface area (TPSA) is 98.4 Å². The average molecular weight is 953 g/mol. The molecule has 4 saturated carbocycles. The minimum absolute atomic E-state index is 0.224. The molecular formula is C57H101N3O6Si. The van der Waals surface area contributed by atoms with Gasteiger partial charge in [0.2, 0.25) is 0 Å². The summed E-state index contributed by atoms with van der Waals surface area (Å²) in [5, 5.41) is 7.05. The van der Waals surface area contributed by atoms with Crippen molar-refractivity contribution in [2.75, 3.05) is 26.2 Å². The second-order valence-corrected chi connectivity index (χ2v) is 31.1. The Hall–Kier alpha value is -2.14. The number of hydrogen-bond acceptors (Lipinski definition) is 7. The summed E-state index contributed by atoms with van der Waals surface area (Å²) in [4.78, 5) is 27.3. The molecule has 1 aromatic rings. The van der Waals surface area contributed by atoms with E-state index in [0.29, 0.717) is 84.7 Å². The number of rotatable bonds is 20. The van der Waals surface area contributed by atoms with Crippen molar-refractivity contribution in [3.63, 3.8) is 0 Å². The van der Waals surface area contributed by atoms with Crippen LogP contribution in [-0.4, -0.2) is 81.0 Å². The summed E-state index contributed by atoms with van der Waals surface area (Å²) >= 11 is 0. The summed E-state index contributed by atoms with van der Waals surface area (Å²) < 4.78 is 25.6. The molecule has 0 radical (unpaired) electrons. The van der Waals surface area contributed by atoms with Gasteiger partial charge in [0, 0.05) is 31.8 Å². The molecule has 11 atom stereocenters. The van der Waals surface area contributed by atoms with Crippen LogP contribution in [0.2, 0.25) is 18.1 Å². The van der Waals surface area contributed by atoms with E-state index >= 15 is 0 Å². The minimum Gasteiger partial charge on any atom is -0.444 e. The molecular weight excluding hydrogens is 851 g/mol. The van der Waals surface area contributed by atoms with E-state index in [2.05, 4.69) is 109 Å². The fraction of sp³-hybridized carbons (Fsp3) is 0.860. The zero-order valence-electron chi connectivity index (χ0n) is 45.8. The van der Waals surface area contributed by atoms with Gasteiger partial charge in [-0.05, 0) is 208 Å². The number of carbonyl (C=O) groups excluding carboxylic acids is 2. The van der Waals surface area contributed by atoms with Crippen LogP contribution >= 0.6 is 0 Å². The molecule has 4 fully saturated rings. The molecule has 2 amide bonds. The SMILES string of the molecule is CC(C)C(CC[C@@H](C)[C@H]1CC[C@H]2[C@@H]3[C@H](OCc4ccccc4)CC4C[C@@H](NCCCN(CCCCNC(=O)OC(C)(C)C)C(=O)OC(C)(C)C)CC[C@]4(C)[C@H]3CC[C@]12C)O[Si](C)(C)C(C)(C)C. The van der Waals surface area contributed by atoms with Crippen LogP contribution in [0, 0.1) is 52.3 Å². The Balaban J connectivity index is 1.21. The third kappa shape index (κ3) is 14.9. The Labute approximate surface area is 411 Å². The van der Waals surface area contributed by atoms with Crippen molar-refractivity contribution in [2.24, 2.45) is 52.3 Å². The van der Waals surface area contributed by atoms with Gasteiger partial charge >= 0.3 is 12.2 Å². The number of carbonyl (C=O) groups is 2. The first-order valence-electron chi connectivity index (χ1n) is 27.1. The monoisotopic (exact) mass is 952 g/mol. The molecule has 10 heteroatoms. The quantitative estimate of drug-likeness (QED) is 0.0992. The van der Waals surface area contributed by atoms with Gasteiger partial charge in [0.05, 0.1) is 12.7 Å². The number of fused-ring (bicyclic) bond motifs is 5. The van der Waals surface area contributed by atoms with Crippen molar-refractivity contribution in [3.05, 3.63) is 35.9 Å². The first-order chi connectivity index (χ1) is 31.1. The molecule has 2 unspecified atom stereocenters. The first-order valence-corrected chi connectivity index (χ1v) is 30.1. The lowest BCUT2D eigenvalue weighted by Gasteiger charge is -2.63. The van der Waals surface area contributed by atoms with E-state index in [0.717, 1.165) is 38.1 Å². The highest BCUT2D eigenvalue weighted by Gasteiger charge is 2.63. The second-order valence-electron chi connectivity index (χ2n) is 26.4. The number of benzene rings is 1. The van der Waals surface area contributed by atoms with Gasteiger partial charge in [0.15, 0.2) is 8.32 Å². The van der Waals surface area contributed by atoms with Gasteiger partial charge < -0.3 is 34.2 Å². The van der Waals surface area contributed by atoms with Crippen molar-refractivity contribution in [3.8, 4) is 0 Å². The molecule has 0 bridgehead atoms. The number of amides is 2. The highest BCUT2D eigenvalue weighted by molar-refractivity contribution is 6.74. The van der Waals surface area contributed by atoms with E-state index in [1.165, 1.54) is 63.4 Å². The van der Waals surface area contributed by atoms with Crippen molar-refractivity contribution in [1.82, 2.24) is 15.5 Å². The van der Waals surface area contributed by atoms with E-state index in [1.807, 2.05) is 46.4 Å². The van der Waals surface area contributed by atoms with Crippen molar-refractivity contribution < 1.29 is 28.2 Å². The van der Waals surface area contributed by atoms with Gasteiger partial charge in [0.25, 0.3) is 0 Å². The Morgan fingerprint density at radius 3 is 2.06 bits per heavy atom. The standard InChI is InChI=1S/C57H101N3O6Si/c1-40(2)48(66-67(15,16)55(10,11)12)28-25-41(3)45-26-27-46-50-47(30-32-57(45,46)14)56(13)31-29-44(37-43(56)38-49(50)63-39-42-23-18-17-19-24-42)58-34-22-36-60(52(62)65-54(7,8)9)35-21-20-33-59-51(61)64-53(4,5)6/h17-19,23-24,40-41,43-50,58H,20-22,25-39H2,1-16H3,(H,59,61)/t41-,43?,44+,45-,46+,47+,48?,49-,50+,56+,57-/m1/s1. The molecule has 4 aliphatic rings. The number of nitrogens with one attached hydrogen (secondary N) is 2. The molecule has 67 heavy (non-hydrogen) atoms. The summed E-state index contributed by atoms with van der Waals surface area (Å²) in [5.74, 6) is 4.64. The maximum Gasteiger partial charge on any atom is 0.410 e. The first kappa shape index (κ1) is 55.8. The van der Waals surface area contributed by atoms with E-state index in [9.17, 15) is 9.59 Å². The summed E-state index contributed by atoms with van der Waals surface area (Å²) in [7, 11) is -1.85. The van der Waals surface area contributed by atoms with E-state index < -0.39 is 25.6 Å². The molecule has 9 nitrogen and oxygen atoms in total. The van der Waals surface area contributed by atoms with Gasteiger partial charge in [-0.2, -0.15) is 0 Å². The average Bonchev–Trinajstić information content (AvgIpc) is 3.57. The Morgan fingerprint density at radius 2 is 1.42 bits per heavy atom. The Bertz CT molecular complexity index is 1700. The molecule has 0 aromatic heterocycles. The number of ether oxygens (including phenoxy) is 3. The predicted molar refractivity (Wildman–Crippen MR) is 279 cm³/mol. The van der Waals surface area contributed by atoms with Crippen LogP contribution in [0.15, 0.2) is 30.3 Å². The number of nitrogens with zero attached hydrogens (tertiary/aromatic N) is 1. The van der Waals surface area contributed by atoms with Crippen molar-refractivity contribution >= 4 is 20.5 Å². The highest BCUT2D eigenvalue weighted by atomic mass is 28.4. The van der Waals surface area contributed by atoms with Gasteiger partial charge in [-0.25, -0.2) is 9.59 Å². The zero-order chi connectivity index (χ0) is 49.6. The van der Waals surface area contributed by atoms with Gasteiger partial charge in [-0.15, -0.1) is 0 Å². The maximum absolute atomic E-state index is 13.3. The minimum atomic E-state index is -1.85. The lowest BCUT2D eigenvalue weighted by Crippen LogP contribution is -2.60. The molecule has 5 rings (SSSR count). The highest BCUT2D eigenvalue weighted by Crippen LogP contribution is 2.69. The fourth-order valence-electron chi connectivity index (χ4n) is 13.2. The summed E-state index contributed by atoms with van der Waals surface area (Å²) in [6, 6.07) is 11.3. The largest absolute Gasteiger partial charge is 0.444 e. The number of unbranched alkanes of at least 4 members (excludes halogenated alkanes) is 1. The fourth-order valence-corrected chi connectivity index (χ4v) is 14.7. The predicted octanol–water partition coefficient (Wildman–Crippen LogP) is 14.2. The maximum atomic E-state index is 13.3. The lowest BCUT2D eigenvalue weighted by atomic mass is 9.43. The molecule has 0 aliphatic heterocycles. The molecule has 1 aromatic carbocycles. The molecule has 384 valence electrons. The smallest absolute Gasteiger partial charge is 0.410 e. The van der Waals surface area contributed by atoms with Crippen LogP contribution in [0.4, 0.5) is 9.59 Å². The third-order valence-electron chi connectivity index (χ3n) is 17.8. The van der Waals surface area contributed by atoms with Crippen LogP contribution in [0.25, 0.3) is 0 Å². The molecule has 0 saturated heterocycles. The van der Waals surface area contributed by atoms with E-state index in [-0.39, 0.29) is 17.2 Å². The molecule has 0 heterocycles. The van der Waals surface area contributed by atoms with E-state index in [4.69, 9.17) is 18.6 Å². The van der Waals surface area contributed by atoms with Crippen molar-refractivity contribution in [1.29, 1.82) is 0 Å². The summed E-state index contributed by atoms with van der Waals surface area (Å²) in [6.45, 7) is 39.3. The molecule has 4 aliphatic carbocycles. The zero-order valence-corrected chi connectivity index (χ0v) is 46.8. The van der Waals surface area contributed by atoms with Gasteiger partial charge in [-0.1, -0.05) is 85.7 Å². The van der Waals surface area contributed by atoms with Crippen LogP contribution in [-0.2, 0) is 25.2 Å². The van der Waals surface area contributed by atoms with Gasteiger partial charge in [-0.3, -0.25) is 0 Å². The Kier molecular flexibility index (Phi) is 19.1. The molecule has 2 N–H and O–H groups in total. The van der Waals surface area contributed by atoms with Crippen LogP contribution in [0.1, 0.15) is 186 Å². The number of hydrogen-bond donors (Lipinski definition) is 2.